The Kier molecular flexibility index (Phi) is 7.13. The highest BCUT2D eigenvalue weighted by Crippen LogP contribution is 2.39. The summed E-state index contributed by atoms with van der Waals surface area (Å²) in [6.07, 6.45) is 4.87. The van der Waals surface area contributed by atoms with Crippen LogP contribution in [0.3, 0.4) is 0 Å². The molecule has 1 aliphatic carbocycles. The summed E-state index contributed by atoms with van der Waals surface area (Å²) in [5, 5.41) is 7.13. The van der Waals surface area contributed by atoms with Crippen LogP contribution in [-0.4, -0.2) is 30.7 Å². The van der Waals surface area contributed by atoms with Gasteiger partial charge < -0.3 is 14.9 Å². The summed E-state index contributed by atoms with van der Waals surface area (Å²) in [4.78, 5) is 12.9. The van der Waals surface area contributed by atoms with E-state index >= 15 is 0 Å². The number of benzene rings is 2. The fraction of sp³-hybridized carbons (Fsp3) is 0.273. The average Bonchev–Trinajstić information content (AvgIpc) is 3.47. The Bertz CT molecular complexity index is 1160. The van der Waals surface area contributed by atoms with Gasteiger partial charge in [0.25, 0.3) is 0 Å². The lowest BCUT2D eigenvalue weighted by Gasteiger charge is -2.04. The van der Waals surface area contributed by atoms with E-state index in [-0.39, 0.29) is 6.41 Å². The lowest BCUT2D eigenvalue weighted by molar-refractivity contribution is -0.106. The van der Waals surface area contributed by atoms with Crippen molar-refractivity contribution in [2.45, 2.75) is 32.2 Å². The number of nitrogens with zero attached hydrogens (tertiary/aromatic N) is 4. The van der Waals surface area contributed by atoms with Crippen LogP contribution in [-0.2, 0) is 18.4 Å². The summed E-state index contributed by atoms with van der Waals surface area (Å²) < 4.78 is 4.63. The quantitative estimate of drug-likeness (QED) is 0.382. The van der Waals surface area contributed by atoms with Crippen LogP contribution in [0.15, 0.2) is 54.9 Å². The van der Waals surface area contributed by atoms with Gasteiger partial charge in [0.15, 0.2) is 10.6 Å². The molecule has 156 valence electrons. The van der Waals surface area contributed by atoms with E-state index in [0.717, 1.165) is 34.9 Å². The second-order valence-electron chi connectivity index (χ2n) is 6.98. The molecule has 0 aliphatic heterocycles. The van der Waals surface area contributed by atoms with Crippen LogP contribution in [0.25, 0.3) is 22.4 Å². The van der Waals surface area contributed by atoms with Gasteiger partial charge in [-0.15, -0.1) is 0 Å². The van der Waals surface area contributed by atoms with E-state index in [1.165, 1.54) is 18.4 Å². The number of aromatic nitrogens is 5. The number of carbonyl (C=O) groups is 1. The Balaban J connectivity index is 0.000000177. The maximum atomic E-state index is 8.58. The summed E-state index contributed by atoms with van der Waals surface area (Å²) >= 11 is 5.20. The molecule has 1 saturated carbocycles. The molecule has 0 radical (unpaired) electrons. The van der Waals surface area contributed by atoms with E-state index in [4.69, 9.17) is 17.0 Å². The largest absolute Gasteiger partial charge is 0.372 e. The van der Waals surface area contributed by atoms with Crippen LogP contribution in [0.2, 0.25) is 0 Å². The fourth-order valence-corrected chi connectivity index (χ4v) is 3.50. The molecular formula is C22H26N6OS. The van der Waals surface area contributed by atoms with Crippen LogP contribution < -0.4 is 5.73 Å². The zero-order valence-corrected chi connectivity index (χ0v) is 18.0. The van der Waals surface area contributed by atoms with Gasteiger partial charge in [0.2, 0.25) is 6.41 Å². The monoisotopic (exact) mass is 422 g/mol. The molecule has 0 bridgehead atoms. The van der Waals surface area contributed by atoms with Crippen LogP contribution in [0.1, 0.15) is 31.2 Å². The molecule has 2 aromatic carbocycles. The molecule has 7 nitrogen and oxygen atoms in total. The number of hydrogen-bond acceptors (Lipinski definition) is 4. The lowest BCUT2D eigenvalue weighted by atomic mass is 10.1. The highest BCUT2D eigenvalue weighted by Gasteiger charge is 2.22. The van der Waals surface area contributed by atoms with Crippen molar-refractivity contribution in [2.75, 3.05) is 0 Å². The number of primary amides is 1. The Morgan fingerprint density at radius 3 is 2.57 bits per heavy atom. The summed E-state index contributed by atoms with van der Waals surface area (Å²) in [7, 11) is 1.98. The summed E-state index contributed by atoms with van der Waals surface area (Å²) in [5.74, 6) is 1.77. The Morgan fingerprint density at radius 2 is 1.93 bits per heavy atom. The highest BCUT2D eigenvalue weighted by atomic mass is 32.1. The first-order valence-corrected chi connectivity index (χ1v) is 10.3. The van der Waals surface area contributed by atoms with E-state index < -0.39 is 0 Å². The van der Waals surface area contributed by atoms with E-state index in [2.05, 4.69) is 64.2 Å². The minimum Gasteiger partial charge on any atom is -0.372 e. The number of nitrogens with one attached hydrogen (secondary N) is 1. The van der Waals surface area contributed by atoms with Gasteiger partial charge in [-0.2, -0.15) is 5.10 Å². The van der Waals surface area contributed by atoms with Crippen LogP contribution in [0.4, 0.5) is 0 Å². The molecule has 0 unspecified atom stereocenters. The first-order chi connectivity index (χ1) is 14.6. The third-order valence-electron chi connectivity index (χ3n) is 4.91. The first-order valence-electron chi connectivity index (χ1n) is 9.86. The Hall–Kier alpha value is -3.26. The van der Waals surface area contributed by atoms with Gasteiger partial charge in [0.05, 0.1) is 17.4 Å². The third-order valence-corrected chi connectivity index (χ3v) is 5.22. The van der Waals surface area contributed by atoms with E-state index in [0.29, 0.717) is 4.77 Å². The predicted octanol–water partition coefficient (Wildman–Crippen LogP) is 4.18. The van der Waals surface area contributed by atoms with Gasteiger partial charge >= 0.3 is 0 Å². The van der Waals surface area contributed by atoms with Gasteiger partial charge in [-0.3, -0.25) is 9.89 Å². The standard InChI is InChI=1S/C12H13N5S.C9H10.CH3NO/c1-3-17-11(14-15-12(17)18)8-4-5-9-10(6-8)16(2)7-13-9;1-2-4-8(5-3-1)9-6-7-9;2-1-3/h4-7H,3H2,1-2H3,(H,15,18);1-5,9H,6-7H2;1H,(H2,2,3). The van der Waals surface area contributed by atoms with Crippen molar-refractivity contribution < 1.29 is 4.79 Å². The van der Waals surface area contributed by atoms with Crippen molar-refractivity contribution in [1.82, 2.24) is 24.3 Å². The number of hydrogen-bond donors (Lipinski definition) is 2. The van der Waals surface area contributed by atoms with Gasteiger partial charge in [-0.1, -0.05) is 30.3 Å². The number of fused-ring (bicyclic) bond motifs is 1. The van der Waals surface area contributed by atoms with Crippen molar-refractivity contribution in [3.63, 3.8) is 0 Å². The maximum absolute atomic E-state index is 8.58. The molecule has 0 saturated heterocycles. The van der Waals surface area contributed by atoms with Gasteiger partial charge in [-0.05, 0) is 61.7 Å². The number of rotatable bonds is 3. The van der Waals surface area contributed by atoms with E-state index in [9.17, 15) is 0 Å². The third kappa shape index (κ3) is 5.01. The number of nitrogens with two attached hydrogens (primary N) is 1. The van der Waals surface area contributed by atoms with Crippen molar-refractivity contribution >= 4 is 29.7 Å². The normalized spacial score (nSPS) is 12.5. The molecule has 1 fully saturated rings. The second kappa shape index (κ2) is 9.98. The summed E-state index contributed by atoms with van der Waals surface area (Å²) in [6, 6.07) is 16.9. The van der Waals surface area contributed by atoms with Gasteiger partial charge in [0, 0.05) is 19.2 Å². The van der Waals surface area contributed by atoms with Crippen molar-refractivity contribution in [1.29, 1.82) is 0 Å². The van der Waals surface area contributed by atoms with Crippen molar-refractivity contribution in [3.05, 3.63) is 65.2 Å². The molecule has 0 atom stereocenters. The van der Waals surface area contributed by atoms with Crippen molar-refractivity contribution in [3.8, 4) is 11.4 Å². The zero-order valence-electron chi connectivity index (χ0n) is 17.2. The minimum absolute atomic E-state index is 0.250. The number of amides is 1. The number of aryl methyl sites for hydroxylation is 1. The SMILES string of the molecule is CCn1c(-c2ccc3ncn(C)c3c2)n[nH]c1=S.NC=O.c1ccc(C2CC2)cc1. The molecule has 2 heterocycles. The molecule has 4 aromatic rings. The second-order valence-corrected chi connectivity index (χ2v) is 7.36. The fourth-order valence-electron chi connectivity index (χ4n) is 3.24. The summed E-state index contributed by atoms with van der Waals surface area (Å²) in [5.41, 5.74) is 8.81. The molecule has 1 aliphatic rings. The van der Waals surface area contributed by atoms with Crippen LogP contribution in [0.5, 0.6) is 0 Å². The zero-order chi connectivity index (χ0) is 21.5. The number of carbonyl (C=O) groups excluding carboxylic acids is 1. The molecule has 2 aromatic heterocycles. The average molecular weight is 423 g/mol. The van der Waals surface area contributed by atoms with E-state index in [1.54, 1.807) is 0 Å². The Labute approximate surface area is 180 Å². The molecule has 1 amide bonds. The molecular weight excluding hydrogens is 396 g/mol. The molecule has 5 rings (SSSR count). The number of aromatic amines is 1. The molecule has 3 N–H and O–H groups in total. The minimum atomic E-state index is 0.250. The number of H-pyrrole nitrogens is 1. The van der Waals surface area contributed by atoms with Crippen LogP contribution in [0, 0.1) is 4.77 Å². The molecule has 0 spiro atoms. The highest BCUT2D eigenvalue weighted by molar-refractivity contribution is 7.71. The molecule has 8 heteroatoms. The predicted molar refractivity (Wildman–Crippen MR) is 121 cm³/mol. The summed E-state index contributed by atoms with van der Waals surface area (Å²) in [6.45, 7) is 2.85. The van der Waals surface area contributed by atoms with Crippen molar-refractivity contribution in [2.24, 2.45) is 12.8 Å². The maximum Gasteiger partial charge on any atom is 0.204 e. The lowest BCUT2D eigenvalue weighted by Crippen LogP contribution is -1.97. The first kappa shape index (κ1) is 21.4. The molecule has 30 heavy (non-hydrogen) atoms. The van der Waals surface area contributed by atoms with Gasteiger partial charge in [-0.25, -0.2) is 4.98 Å². The van der Waals surface area contributed by atoms with Gasteiger partial charge in [0.1, 0.15) is 0 Å². The Morgan fingerprint density at radius 1 is 1.23 bits per heavy atom. The number of imidazole rings is 1. The van der Waals surface area contributed by atoms with E-state index in [1.807, 2.05) is 34.6 Å². The smallest absolute Gasteiger partial charge is 0.204 e. The van der Waals surface area contributed by atoms with Crippen LogP contribution >= 0.6 is 12.2 Å². The topological polar surface area (TPSA) is 94.5 Å².